The van der Waals surface area contributed by atoms with E-state index in [-0.39, 0.29) is 11.5 Å². The van der Waals surface area contributed by atoms with Crippen LogP contribution in [0.5, 0.6) is 5.75 Å². The molecule has 0 aliphatic carbocycles. The highest BCUT2D eigenvalue weighted by molar-refractivity contribution is 7.99. The van der Waals surface area contributed by atoms with Crippen LogP contribution < -0.4 is 10.5 Å². The van der Waals surface area contributed by atoms with Gasteiger partial charge in [0.05, 0.1) is 12.9 Å². The van der Waals surface area contributed by atoms with Crippen molar-refractivity contribution in [2.24, 2.45) is 5.73 Å². The van der Waals surface area contributed by atoms with Gasteiger partial charge in [-0.15, -0.1) is 11.8 Å². The standard InChI is InChI=1S/C15H19NO5S/c1-9(17)11-4-5-13(20-3)12(6-11)7-22-8-14(18)21-10(2)15(16)19/h4-6,10H,7-8H2,1-3H3,(H2,16,19)/t10-/m0/s1. The number of amides is 1. The fourth-order valence-corrected chi connectivity index (χ4v) is 2.43. The van der Waals surface area contributed by atoms with E-state index in [0.717, 1.165) is 5.56 Å². The van der Waals surface area contributed by atoms with E-state index in [2.05, 4.69) is 0 Å². The molecule has 22 heavy (non-hydrogen) atoms. The zero-order chi connectivity index (χ0) is 16.7. The van der Waals surface area contributed by atoms with Crippen LogP contribution in [0.15, 0.2) is 18.2 Å². The molecule has 1 amide bonds. The maximum absolute atomic E-state index is 11.5. The number of ketones is 1. The number of hydrogen-bond donors (Lipinski definition) is 1. The van der Waals surface area contributed by atoms with E-state index in [0.29, 0.717) is 17.1 Å². The molecule has 0 unspecified atom stereocenters. The predicted octanol–water partition coefficient (Wildman–Crippen LogP) is 1.55. The first-order valence-electron chi connectivity index (χ1n) is 6.59. The molecular formula is C15H19NO5S. The summed E-state index contributed by atoms with van der Waals surface area (Å²) in [6.07, 6.45) is -0.941. The van der Waals surface area contributed by atoms with Crippen molar-refractivity contribution in [2.45, 2.75) is 25.7 Å². The molecular weight excluding hydrogens is 306 g/mol. The Balaban J connectivity index is 2.60. The van der Waals surface area contributed by atoms with Crippen LogP contribution in [0.25, 0.3) is 0 Å². The lowest BCUT2D eigenvalue weighted by molar-refractivity contribution is -0.151. The fraction of sp³-hybridized carbons (Fsp3) is 0.400. The largest absolute Gasteiger partial charge is 0.496 e. The predicted molar refractivity (Wildman–Crippen MR) is 83.9 cm³/mol. The Labute approximate surface area is 133 Å². The SMILES string of the molecule is COc1ccc(C(C)=O)cc1CSCC(=O)O[C@@H](C)C(N)=O. The van der Waals surface area contributed by atoms with Crippen molar-refractivity contribution in [1.29, 1.82) is 0 Å². The number of hydrogen-bond acceptors (Lipinski definition) is 6. The van der Waals surface area contributed by atoms with Crippen molar-refractivity contribution in [3.8, 4) is 5.75 Å². The number of Topliss-reactive ketones (excluding diaryl/α,β-unsaturated/α-hetero) is 1. The molecule has 1 rings (SSSR count). The second-order valence-corrected chi connectivity index (χ2v) is 5.60. The summed E-state index contributed by atoms with van der Waals surface area (Å²) >= 11 is 1.30. The zero-order valence-corrected chi connectivity index (χ0v) is 13.6. The molecule has 0 saturated heterocycles. The molecule has 0 radical (unpaired) electrons. The molecule has 0 aliphatic heterocycles. The van der Waals surface area contributed by atoms with Crippen molar-refractivity contribution in [3.63, 3.8) is 0 Å². The normalized spacial score (nSPS) is 11.6. The molecule has 0 saturated carbocycles. The third-order valence-corrected chi connectivity index (χ3v) is 3.83. The van der Waals surface area contributed by atoms with Crippen LogP contribution in [-0.2, 0) is 20.1 Å². The van der Waals surface area contributed by atoms with Crippen molar-refractivity contribution < 1.29 is 23.9 Å². The van der Waals surface area contributed by atoms with Crippen LogP contribution in [0.3, 0.4) is 0 Å². The van der Waals surface area contributed by atoms with Gasteiger partial charge >= 0.3 is 5.97 Å². The summed E-state index contributed by atoms with van der Waals surface area (Å²) in [6.45, 7) is 2.91. The van der Waals surface area contributed by atoms with Crippen molar-refractivity contribution in [3.05, 3.63) is 29.3 Å². The minimum absolute atomic E-state index is 0.0383. The van der Waals surface area contributed by atoms with Gasteiger partial charge in [0.15, 0.2) is 11.9 Å². The van der Waals surface area contributed by atoms with Crippen molar-refractivity contribution in [2.75, 3.05) is 12.9 Å². The molecule has 0 bridgehead atoms. The van der Waals surface area contributed by atoms with Gasteiger partial charge in [-0.1, -0.05) is 0 Å². The van der Waals surface area contributed by atoms with Gasteiger partial charge in [0, 0.05) is 16.9 Å². The molecule has 1 atom stereocenters. The highest BCUT2D eigenvalue weighted by atomic mass is 32.2. The Bertz CT molecular complexity index is 573. The van der Waals surface area contributed by atoms with Gasteiger partial charge in [-0.25, -0.2) is 0 Å². The fourth-order valence-electron chi connectivity index (χ4n) is 1.64. The third kappa shape index (κ3) is 5.40. The summed E-state index contributed by atoms with van der Waals surface area (Å²) in [6, 6.07) is 5.16. The summed E-state index contributed by atoms with van der Waals surface area (Å²) in [5, 5.41) is 0. The van der Waals surface area contributed by atoms with Gasteiger partial charge < -0.3 is 15.2 Å². The lowest BCUT2D eigenvalue weighted by atomic mass is 10.1. The van der Waals surface area contributed by atoms with Crippen LogP contribution in [-0.4, -0.2) is 36.6 Å². The quantitative estimate of drug-likeness (QED) is 0.575. The highest BCUT2D eigenvalue weighted by Gasteiger charge is 2.15. The first kappa shape index (κ1) is 18.0. The van der Waals surface area contributed by atoms with Crippen LogP contribution in [0.1, 0.15) is 29.8 Å². The number of thioether (sulfide) groups is 1. The number of nitrogens with two attached hydrogens (primary N) is 1. The van der Waals surface area contributed by atoms with Gasteiger partial charge in [0.25, 0.3) is 5.91 Å². The molecule has 0 aromatic heterocycles. The average molecular weight is 325 g/mol. The van der Waals surface area contributed by atoms with Crippen LogP contribution in [0.4, 0.5) is 0 Å². The number of esters is 1. The van der Waals surface area contributed by atoms with E-state index in [1.165, 1.54) is 25.6 Å². The zero-order valence-electron chi connectivity index (χ0n) is 12.8. The Morgan fingerprint density at radius 3 is 2.55 bits per heavy atom. The molecule has 0 spiro atoms. The van der Waals surface area contributed by atoms with E-state index < -0.39 is 18.0 Å². The van der Waals surface area contributed by atoms with Gasteiger partial charge in [0.2, 0.25) is 0 Å². The number of methoxy groups -OCH3 is 1. The van der Waals surface area contributed by atoms with Gasteiger partial charge in [-0.2, -0.15) is 0 Å². The number of carbonyl (C=O) groups is 3. The Morgan fingerprint density at radius 2 is 2.00 bits per heavy atom. The molecule has 120 valence electrons. The van der Waals surface area contributed by atoms with E-state index in [1.54, 1.807) is 25.3 Å². The van der Waals surface area contributed by atoms with Gasteiger partial charge in [0.1, 0.15) is 5.75 Å². The highest BCUT2D eigenvalue weighted by Crippen LogP contribution is 2.25. The topological polar surface area (TPSA) is 95.7 Å². The number of benzene rings is 1. The smallest absolute Gasteiger partial charge is 0.316 e. The minimum Gasteiger partial charge on any atom is -0.496 e. The Hall–Kier alpha value is -2.02. The molecule has 6 nitrogen and oxygen atoms in total. The lowest BCUT2D eigenvalue weighted by Crippen LogP contribution is -2.31. The summed E-state index contributed by atoms with van der Waals surface area (Å²) in [4.78, 5) is 33.7. The van der Waals surface area contributed by atoms with Crippen molar-refractivity contribution in [1.82, 2.24) is 0 Å². The van der Waals surface area contributed by atoms with Gasteiger partial charge in [-0.3, -0.25) is 14.4 Å². The van der Waals surface area contributed by atoms with E-state index in [9.17, 15) is 14.4 Å². The van der Waals surface area contributed by atoms with Crippen molar-refractivity contribution >= 4 is 29.4 Å². The number of primary amides is 1. The Morgan fingerprint density at radius 1 is 1.32 bits per heavy atom. The van der Waals surface area contributed by atoms with E-state index in [4.69, 9.17) is 15.2 Å². The first-order chi connectivity index (χ1) is 10.3. The summed E-state index contributed by atoms with van der Waals surface area (Å²) < 4.78 is 10.1. The molecule has 0 heterocycles. The molecule has 0 fully saturated rings. The number of carbonyl (C=O) groups excluding carboxylic acids is 3. The van der Waals surface area contributed by atoms with Crippen LogP contribution >= 0.6 is 11.8 Å². The summed E-state index contributed by atoms with van der Waals surface area (Å²) in [7, 11) is 1.54. The third-order valence-electron chi connectivity index (χ3n) is 2.87. The molecule has 2 N–H and O–H groups in total. The average Bonchev–Trinajstić information content (AvgIpc) is 2.46. The molecule has 1 aromatic rings. The van der Waals surface area contributed by atoms with E-state index >= 15 is 0 Å². The lowest BCUT2D eigenvalue weighted by Gasteiger charge is -2.11. The number of ether oxygens (including phenoxy) is 2. The summed E-state index contributed by atoms with van der Waals surface area (Å²) in [5.74, 6) is -0.0396. The van der Waals surface area contributed by atoms with E-state index in [1.807, 2.05) is 0 Å². The second-order valence-electron chi connectivity index (χ2n) is 4.61. The number of rotatable bonds is 8. The maximum atomic E-state index is 11.5. The first-order valence-corrected chi connectivity index (χ1v) is 7.75. The van der Waals surface area contributed by atoms with Crippen LogP contribution in [0.2, 0.25) is 0 Å². The molecule has 1 aromatic carbocycles. The molecule has 0 aliphatic rings. The minimum atomic E-state index is -0.941. The maximum Gasteiger partial charge on any atom is 0.316 e. The molecule has 7 heteroatoms. The second kappa shape index (κ2) is 8.43. The summed E-state index contributed by atoms with van der Waals surface area (Å²) in [5.41, 5.74) is 6.42. The van der Waals surface area contributed by atoms with Crippen LogP contribution in [0, 0.1) is 0 Å². The Kier molecular flexibility index (Phi) is 6.91. The van der Waals surface area contributed by atoms with Gasteiger partial charge in [-0.05, 0) is 32.0 Å². The monoisotopic (exact) mass is 325 g/mol.